The van der Waals surface area contributed by atoms with Crippen LogP contribution in [0.5, 0.6) is 0 Å². The predicted octanol–water partition coefficient (Wildman–Crippen LogP) is 3.11. The van der Waals surface area contributed by atoms with Crippen LogP contribution in [-0.2, 0) is 15.1 Å². The summed E-state index contributed by atoms with van der Waals surface area (Å²) < 4.78 is 4.82. The van der Waals surface area contributed by atoms with Crippen LogP contribution in [0.2, 0.25) is 0 Å². The van der Waals surface area contributed by atoms with Crippen LogP contribution in [0.25, 0.3) is 0 Å². The van der Waals surface area contributed by atoms with E-state index in [2.05, 4.69) is 78.1 Å². The average molecular weight is 346 g/mol. The first-order valence-electron chi connectivity index (χ1n) is 8.85. The molecule has 0 amide bonds. The Morgan fingerprint density at radius 1 is 0.769 bits per heavy atom. The van der Waals surface area contributed by atoms with Crippen molar-refractivity contribution in [1.29, 1.82) is 0 Å². The van der Waals surface area contributed by atoms with E-state index in [1.54, 1.807) is 0 Å². The fraction of sp³-hybridized carbons (Fsp3) is 0.174. The molecule has 0 aliphatic heterocycles. The van der Waals surface area contributed by atoms with E-state index in [-0.39, 0.29) is 5.97 Å². The van der Waals surface area contributed by atoms with Gasteiger partial charge in [-0.1, -0.05) is 91.0 Å². The van der Waals surface area contributed by atoms with E-state index in [1.165, 1.54) is 23.8 Å². The van der Waals surface area contributed by atoms with Gasteiger partial charge in [0.25, 0.3) is 0 Å². The minimum Gasteiger partial charge on any atom is -0.469 e. The number of hydrogen-bond acceptors (Lipinski definition) is 2. The molecule has 0 saturated heterocycles. The molecular weight excluding hydrogens is 322 g/mol. The summed E-state index contributed by atoms with van der Waals surface area (Å²) in [6.07, 6.45) is 0.366. The molecule has 2 N–H and O–H groups in total. The Morgan fingerprint density at radius 3 is 1.50 bits per heavy atom. The van der Waals surface area contributed by atoms with Gasteiger partial charge in [-0.05, 0) is 0 Å². The summed E-state index contributed by atoms with van der Waals surface area (Å²) in [6, 6.07) is 31.3. The van der Waals surface area contributed by atoms with E-state index in [9.17, 15) is 4.79 Å². The van der Waals surface area contributed by atoms with Crippen molar-refractivity contribution in [2.24, 2.45) is 0 Å². The zero-order valence-corrected chi connectivity index (χ0v) is 15.0. The second-order valence-corrected chi connectivity index (χ2v) is 6.23. The highest BCUT2D eigenvalue weighted by atomic mass is 16.5. The van der Waals surface area contributed by atoms with Crippen LogP contribution in [-0.4, -0.2) is 19.6 Å². The molecule has 0 bridgehead atoms. The second kappa shape index (κ2) is 8.45. The summed E-state index contributed by atoms with van der Waals surface area (Å²) >= 11 is 0. The van der Waals surface area contributed by atoms with Gasteiger partial charge in [-0.3, -0.25) is 4.79 Å². The Morgan fingerprint density at radius 2 is 1.15 bits per heavy atom. The number of ether oxygens (including phenoxy) is 1. The highest BCUT2D eigenvalue weighted by molar-refractivity contribution is 5.69. The molecule has 0 spiro atoms. The van der Waals surface area contributed by atoms with Gasteiger partial charge < -0.3 is 10.1 Å². The third-order valence-electron chi connectivity index (χ3n) is 4.71. The van der Waals surface area contributed by atoms with Gasteiger partial charge in [0.15, 0.2) is 5.54 Å². The summed E-state index contributed by atoms with van der Waals surface area (Å²) in [7, 11) is 1.43. The molecule has 0 aliphatic carbocycles. The van der Waals surface area contributed by atoms with Crippen LogP contribution in [0.15, 0.2) is 91.0 Å². The second-order valence-electron chi connectivity index (χ2n) is 6.23. The van der Waals surface area contributed by atoms with Gasteiger partial charge in [0.2, 0.25) is 0 Å². The van der Waals surface area contributed by atoms with Crippen LogP contribution in [0, 0.1) is 0 Å². The molecule has 0 heterocycles. The molecule has 0 unspecified atom stereocenters. The lowest BCUT2D eigenvalue weighted by Gasteiger charge is -2.33. The average Bonchev–Trinajstić information content (AvgIpc) is 2.73. The maximum absolute atomic E-state index is 11.7. The minimum absolute atomic E-state index is 0.190. The van der Waals surface area contributed by atoms with E-state index < -0.39 is 5.54 Å². The molecule has 3 aromatic rings. The van der Waals surface area contributed by atoms with Crippen molar-refractivity contribution in [3.8, 4) is 0 Å². The zero-order valence-electron chi connectivity index (χ0n) is 15.0. The Hall–Kier alpha value is -2.91. The van der Waals surface area contributed by atoms with Gasteiger partial charge in [-0.15, -0.1) is 0 Å². The molecule has 0 aliphatic rings. The number of benzene rings is 3. The summed E-state index contributed by atoms with van der Waals surface area (Å²) in [6.45, 7) is 0.630. The van der Waals surface area contributed by atoms with E-state index in [1.807, 2.05) is 18.2 Å². The molecule has 0 saturated carbocycles. The van der Waals surface area contributed by atoms with E-state index in [4.69, 9.17) is 4.74 Å². The zero-order chi connectivity index (χ0) is 18.2. The summed E-state index contributed by atoms with van der Waals surface area (Å²) in [4.78, 5) is 11.7. The number of carbonyl (C=O) groups is 1. The predicted molar refractivity (Wildman–Crippen MR) is 103 cm³/mol. The van der Waals surface area contributed by atoms with Crippen molar-refractivity contribution < 1.29 is 14.8 Å². The SMILES string of the molecule is COC(=O)CC[NH2+]C(c1ccccc1)(c1ccccc1)c1ccccc1. The fourth-order valence-electron chi connectivity index (χ4n) is 3.47. The Labute approximate surface area is 154 Å². The molecule has 26 heavy (non-hydrogen) atoms. The molecule has 132 valence electrons. The number of nitrogens with two attached hydrogens (primary N) is 1. The molecule has 3 rings (SSSR count). The monoisotopic (exact) mass is 346 g/mol. The first kappa shape index (κ1) is 17.9. The maximum atomic E-state index is 11.7. The van der Waals surface area contributed by atoms with Crippen molar-refractivity contribution in [3.05, 3.63) is 108 Å². The molecule has 3 nitrogen and oxygen atoms in total. The summed E-state index contributed by atoms with van der Waals surface area (Å²) in [5, 5.41) is 2.24. The Bertz CT molecular complexity index is 720. The number of esters is 1. The number of methoxy groups -OCH3 is 1. The Balaban J connectivity index is 2.13. The number of quaternary nitrogens is 1. The topological polar surface area (TPSA) is 42.9 Å². The largest absolute Gasteiger partial charge is 0.469 e. The smallest absolute Gasteiger partial charge is 0.311 e. The maximum Gasteiger partial charge on any atom is 0.311 e. The van der Waals surface area contributed by atoms with Gasteiger partial charge >= 0.3 is 5.97 Å². The fourth-order valence-corrected chi connectivity index (χ4v) is 3.47. The molecular formula is C23H24NO2+. The third-order valence-corrected chi connectivity index (χ3v) is 4.71. The standard InChI is InChI=1S/C23H23NO2/c1-26-22(25)17-18-24-23(19-11-5-2-6-12-19,20-13-7-3-8-14-20)21-15-9-4-10-16-21/h2-16,24H,17-18H2,1H3/p+1. The number of rotatable bonds is 7. The van der Waals surface area contributed by atoms with Gasteiger partial charge in [0, 0.05) is 16.7 Å². The highest BCUT2D eigenvalue weighted by Crippen LogP contribution is 2.32. The molecule has 0 aromatic heterocycles. The summed E-state index contributed by atoms with van der Waals surface area (Å²) in [5.41, 5.74) is 3.13. The van der Waals surface area contributed by atoms with Gasteiger partial charge in [0.05, 0.1) is 20.1 Å². The lowest BCUT2D eigenvalue weighted by atomic mass is 9.77. The van der Waals surface area contributed by atoms with Crippen molar-refractivity contribution in [2.45, 2.75) is 12.0 Å². The minimum atomic E-state index is -0.419. The van der Waals surface area contributed by atoms with Gasteiger partial charge in [-0.2, -0.15) is 0 Å². The van der Waals surface area contributed by atoms with Crippen molar-refractivity contribution in [3.63, 3.8) is 0 Å². The van der Waals surface area contributed by atoms with Crippen LogP contribution >= 0.6 is 0 Å². The van der Waals surface area contributed by atoms with Crippen molar-refractivity contribution in [2.75, 3.05) is 13.7 Å². The highest BCUT2D eigenvalue weighted by Gasteiger charge is 2.40. The molecule has 0 radical (unpaired) electrons. The van der Waals surface area contributed by atoms with Crippen LogP contribution in [0.1, 0.15) is 23.1 Å². The van der Waals surface area contributed by atoms with Crippen LogP contribution in [0.4, 0.5) is 0 Å². The normalized spacial score (nSPS) is 11.1. The third kappa shape index (κ3) is 3.68. The lowest BCUT2D eigenvalue weighted by Crippen LogP contribution is -2.95. The molecule has 0 atom stereocenters. The van der Waals surface area contributed by atoms with E-state index in [0.29, 0.717) is 13.0 Å². The lowest BCUT2D eigenvalue weighted by molar-refractivity contribution is -0.715. The quantitative estimate of drug-likeness (QED) is 0.528. The number of hydrogen-bond donors (Lipinski definition) is 1. The molecule has 0 fully saturated rings. The summed E-state index contributed by atoms with van der Waals surface area (Å²) in [5.74, 6) is -0.190. The van der Waals surface area contributed by atoms with Crippen molar-refractivity contribution in [1.82, 2.24) is 0 Å². The Kier molecular flexibility index (Phi) is 5.82. The van der Waals surface area contributed by atoms with E-state index >= 15 is 0 Å². The molecule has 3 aromatic carbocycles. The molecule has 3 heteroatoms. The van der Waals surface area contributed by atoms with Crippen molar-refractivity contribution >= 4 is 5.97 Å². The number of carbonyl (C=O) groups excluding carboxylic acids is 1. The van der Waals surface area contributed by atoms with Crippen LogP contribution in [0.3, 0.4) is 0 Å². The van der Waals surface area contributed by atoms with E-state index in [0.717, 1.165) is 0 Å². The van der Waals surface area contributed by atoms with Gasteiger partial charge in [-0.25, -0.2) is 0 Å². The van der Waals surface area contributed by atoms with Gasteiger partial charge in [0.1, 0.15) is 0 Å². The first-order chi connectivity index (χ1) is 12.8. The first-order valence-corrected chi connectivity index (χ1v) is 8.85. The van der Waals surface area contributed by atoms with Crippen LogP contribution < -0.4 is 5.32 Å².